The van der Waals surface area contributed by atoms with Gasteiger partial charge in [-0.3, -0.25) is 0 Å². The zero-order valence-corrected chi connectivity index (χ0v) is 7.59. The molecule has 0 aliphatic heterocycles. The van der Waals surface area contributed by atoms with Gasteiger partial charge in [0.1, 0.15) is 0 Å². The lowest BCUT2D eigenvalue weighted by atomic mass is 10.2. The van der Waals surface area contributed by atoms with Crippen LogP contribution < -0.4 is 0 Å². The number of allylic oxidation sites excluding steroid dienone is 5. The predicted octanol–water partition coefficient (Wildman–Crippen LogP) is 3.35. The predicted molar refractivity (Wildman–Crippen MR) is 53.2 cm³/mol. The fraction of sp³-hybridized carbons (Fsp3) is 0.300. The molecule has 0 rings (SSSR count). The summed E-state index contributed by atoms with van der Waals surface area (Å²) in [5.41, 5.74) is 0.868. The van der Waals surface area contributed by atoms with Crippen LogP contribution in [0.4, 0.5) is 0 Å². The topological polar surface area (TPSA) is 23.9 Å². The second-order valence-corrected chi connectivity index (χ2v) is 1.55. The van der Waals surface area contributed by atoms with Gasteiger partial charge < -0.3 is 5.41 Å². The summed E-state index contributed by atoms with van der Waals surface area (Å²) < 4.78 is 0. The van der Waals surface area contributed by atoms with Crippen molar-refractivity contribution < 1.29 is 0 Å². The second-order valence-electron chi connectivity index (χ2n) is 1.55. The second kappa shape index (κ2) is 11.7. The molecule has 0 fully saturated rings. The Kier molecular flexibility index (Phi) is 13.3. The van der Waals surface area contributed by atoms with Crippen LogP contribution in [0.3, 0.4) is 0 Å². The molecule has 0 aliphatic carbocycles. The van der Waals surface area contributed by atoms with E-state index in [1.54, 1.807) is 12.2 Å². The van der Waals surface area contributed by atoms with Gasteiger partial charge in [0, 0.05) is 6.21 Å². The van der Waals surface area contributed by atoms with Gasteiger partial charge in [0.25, 0.3) is 0 Å². The fourth-order valence-corrected chi connectivity index (χ4v) is 0.480. The molecular formula is C10H17N. The molecule has 0 spiro atoms. The van der Waals surface area contributed by atoms with Gasteiger partial charge in [-0.15, -0.1) is 0 Å². The van der Waals surface area contributed by atoms with E-state index in [1.165, 1.54) is 6.21 Å². The summed E-state index contributed by atoms with van der Waals surface area (Å²) in [5.74, 6) is 0. The van der Waals surface area contributed by atoms with Crippen LogP contribution >= 0.6 is 0 Å². The zero-order valence-electron chi connectivity index (χ0n) is 7.59. The maximum absolute atomic E-state index is 6.87. The van der Waals surface area contributed by atoms with Crippen LogP contribution in [0.25, 0.3) is 0 Å². The first-order valence-electron chi connectivity index (χ1n) is 3.81. The Balaban J connectivity index is 0. The van der Waals surface area contributed by atoms with Gasteiger partial charge in [-0.25, -0.2) is 0 Å². The fourth-order valence-electron chi connectivity index (χ4n) is 0.480. The van der Waals surface area contributed by atoms with Gasteiger partial charge in [-0.2, -0.15) is 0 Å². The Morgan fingerprint density at radius 3 is 2.18 bits per heavy atom. The first-order chi connectivity index (χ1) is 5.35. The molecule has 0 heterocycles. The van der Waals surface area contributed by atoms with Crippen molar-refractivity contribution in [2.24, 2.45) is 0 Å². The van der Waals surface area contributed by atoms with Gasteiger partial charge in [-0.1, -0.05) is 44.7 Å². The summed E-state index contributed by atoms with van der Waals surface area (Å²) in [6.45, 7) is 9.43. The lowest BCUT2D eigenvalue weighted by Gasteiger charge is -1.84. The van der Waals surface area contributed by atoms with Gasteiger partial charge in [0.05, 0.1) is 0 Å². The van der Waals surface area contributed by atoms with E-state index in [2.05, 4.69) is 6.58 Å². The van der Waals surface area contributed by atoms with Crippen molar-refractivity contribution in [3.05, 3.63) is 36.5 Å². The van der Waals surface area contributed by atoms with E-state index < -0.39 is 0 Å². The smallest absolute Gasteiger partial charge is 0.0250 e. The van der Waals surface area contributed by atoms with Crippen LogP contribution in [-0.2, 0) is 0 Å². The molecule has 1 nitrogen and oxygen atoms in total. The minimum Gasteiger partial charge on any atom is -0.308 e. The summed E-state index contributed by atoms with van der Waals surface area (Å²) in [4.78, 5) is 0. The summed E-state index contributed by atoms with van der Waals surface area (Å²) in [6, 6.07) is 0. The number of rotatable bonds is 3. The molecule has 1 N–H and O–H groups in total. The van der Waals surface area contributed by atoms with Crippen LogP contribution in [0.1, 0.15) is 20.8 Å². The molecule has 0 saturated heterocycles. The number of hydrogen-bond donors (Lipinski definition) is 1. The molecule has 0 atom stereocenters. The highest BCUT2D eigenvalue weighted by atomic mass is 14.3. The highest BCUT2D eigenvalue weighted by Crippen LogP contribution is 1.91. The average Bonchev–Trinajstić information content (AvgIpc) is 2.08. The molecule has 0 bridgehead atoms. The van der Waals surface area contributed by atoms with Gasteiger partial charge in [-0.05, 0) is 12.5 Å². The Labute approximate surface area is 69.6 Å². The zero-order chi connectivity index (χ0) is 9.11. The van der Waals surface area contributed by atoms with Crippen LogP contribution in [0.5, 0.6) is 0 Å². The summed E-state index contributed by atoms with van der Waals surface area (Å²) >= 11 is 0. The Hall–Kier alpha value is -1.11. The maximum Gasteiger partial charge on any atom is 0.0250 e. The van der Waals surface area contributed by atoms with E-state index in [0.717, 1.165) is 5.57 Å². The third kappa shape index (κ3) is 8.89. The van der Waals surface area contributed by atoms with Crippen molar-refractivity contribution in [3.63, 3.8) is 0 Å². The molecule has 0 aromatic heterocycles. The third-order valence-electron chi connectivity index (χ3n) is 0.836. The van der Waals surface area contributed by atoms with Crippen LogP contribution in [0, 0.1) is 5.41 Å². The number of nitrogens with one attached hydrogen (secondary N) is 1. The van der Waals surface area contributed by atoms with Crippen molar-refractivity contribution in [1.29, 1.82) is 5.41 Å². The van der Waals surface area contributed by atoms with Crippen LogP contribution in [0.2, 0.25) is 0 Å². The Bertz CT molecular complexity index is 152. The first-order valence-corrected chi connectivity index (χ1v) is 3.81. The largest absolute Gasteiger partial charge is 0.308 e. The SMILES string of the molecule is C=C/C=C(C=N)\C=C/C.CC. The van der Waals surface area contributed by atoms with E-state index in [4.69, 9.17) is 5.41 Å². The van der Waals surface area contributed by atoms with Crippen molar-refractivity contribution in [2.75, 3.05) is 0 Å². The monoisotopic (exact) mass is 151 g/mol. The summed E-state index contributed by atoms with van der Waals surface area (Å²) in [6.07, 6.45) is 8.49. The standard InChI is InChI=1S/C8H11N.C2H6/c1-3-5-8(7-9)6-4-2;1-2/h3-7,9H,1H2,2H3;1-2H3/b6-4-,8-5+,9-7?;. The molecule has 0 aromatic rings. The third-order valence-corrected chi connectivity index (χ3v) is 0.836. The molecule has 0 saturated carbocycles. The lowest BCUT2D eigenvalue weighted by molar-refractivity contribution is 1.50. The first kappa shape index (κ1) is 12.6. The Morgan fingerprint density at radius 2 is 1.91 bits per heavy atom. The molecule has 0 radical (unpaired) electrons. The van der Waals surface area contributed by atoms with Crippen molar-refractivity contribution in [2.45, 2.75) is 20.8 Å². The van der Waals surface area contributed by atoms with Gasteiger partial charge in [0.2, 0.25) is 0 Å². The molecule has 0 unspecified atom stereocenters. The Morgan fingerprint density at radius 1 is 1.36 bits per heavy atom. The molecule has 1 heteroatoms. The van der Waals surface area contributed by atoms with Gasteiger partial charge in [0.15, 0.2) is 0 Å². The van der Waals surface area contributed by atoms with Crippen LogP contribution in [0.15, 0.2) is 36.5 Å². The minimum absolute atomic E-state index is 0.868. The maximum atomic E-state index is 6.87. The average molecular weight is 151 g/mol. The van der Waals surface area contributed by atoms with Crippen LogP contribution in [-0.4, -0.2) is 6.21 Å². The summed E-state index contributed by atoms with van der Waals surface area (Å²) in [7, 11) is 0. The quantitative estimate of drug-likeness (QED) is 0.472. The summed E-state index contributed by atoms with van der Waals surface area (Å²) in [5, 5.41) is 6.87. The number of hydrogen-bond acceptors (Lipinski definition) is 1. The molecule has 62 valence electrons. The lowest BCUT2D eigenvalue weighted by Crippen LogP contribution is -1.74. The van der Waals surface area contributed by atoms with E-state index in [-0.39, 0.29) is 0 Å². The highest BCUT2D eigenvalue weighted by molar-refractivity contribution is 5.80. The molecule has 0 amide bonds. The molecule has 0 aliphatic rings. The normalized spacial score (nSPS) is 10.3. The minimum atomic E-state index is 0.868. The molecule has 11 heavy (non-hydrogen) atoms. The van der Waals surface area contributed by atoms with E-state index in [1.807, 2.05) is 32.9 Å². The highest BCUT2D eigenvalue weighted by Gasteiger charge is 1.77. The van der Waals surface area contributed by atoms with E-state index in [0.29, 0.717) is 0 Å². The van der Waals surface area contributed by atoms with Crippen molar-refractivity contribution in [1.82, 2.24) is 0 Å². The molecule has 0 aromatic carbocycles. The van der Waals surface area contributed by atoms with Gasteiger partial charge >= 0.3 is 0 Å². The molecular weight excluding hydrogens is 134 g/mol. The van der Waals surface area contributed by atoms with E-state index >= 15 is 0 Å². The van der Waals surface area contributed by atoms with Crippen molar-refractivity contribution >= 4 is 6.21 Å². The van der Waals surface area contributed by atoms with E-state index in [9.17, 15) is 0 Å². The van der Waals surface area contributed by atoms with Crippen molar-refractivity contribution in [3.8, 4) is 0 Å².